The number of hydrogen-bond donors (Lipinski definition) is 1. The van der Waals surface area contributed by atoms with E-state index in [4.69, 9.17) is 4.42 Å². The molecule has 0 aliphatic heterocycles. The van der Waals surface area contributed by atoms with Crippen LogP contribution in [-0.2, 0) is 6.42 Å². The van der Waals surface area contributed by atoms with Gasteiger partial charge >= 0.3 is 0 Å². The molecule has 0 saturated heterocycles. The number of furan rings is 1. The second kappa shape index (κ2) is 6.71. The first-order valence-corrected chi connectivity index (χ1v) is 7.18. The molecule has 1 aromatic heterocycles. The molecule has 2 rings (SSSR count). The summed E-state index contributed by atoms with van der Waals surface area (Å²) in [7, 11) is 0. The SMILES string of the molecule is CCCNC(C)Cc1ccc(-c2ccc(F)cc2C)o1. The van der Waals surface area contributed by atoms with Gasteiger partial charge in [-0.3, -0.25) is 0 Å². The van der Waals surface area contributed by atoms with Crippen LogP contribution >= 0.6 is 0 Å². The van der Waals surface area contributed by atoms with E-state index in [1.54, 1.807) is 6.07 Å². The number of benzene rings is 1. The van der Waals surface area contributed by atoms with Crippen LogP contribution < -0.4 is 5.32 Å². The predicted molar refractivity (Wildman–Crippen MR) is 80.3 cm³/mol. The Morgan fingerprint density at radius 1 is 1.25 bits per heavy atom. The van der Waals surface area contributed by atoms with Crippen LogP contribution in [-0.4, -0.2) is 12.6 Å². The molecule has 1 N–H and O–H groups in total. The van der Waals surface area contributed by atoms with Gasteiger partial charge in [-0.05, 0) is 62.7 Å². The summed E-state index contributed by atoms with van der Waals surface area (Å²) in [5.74, 6) is 1.55. The number of aryl methyl sites for hydroxylation is 1. The van der Waals surface area contributed by atoms with Crippen molar-refractivity contribution in [3.05, 3.63) is 47.5 Å². The molecule has 0 fully saturated rings. The Hall–Kier alpha value is -1.61. The monoisotopic (exact) mass is 275 g/mol. The number of hydrogen-bond acceptors (Lipinski definition) is 2. The lowest BCUT2D eigenvalue weighted by molar-refractivity contribution is 0.464. The van der Waals surface area contributed by atoms with E-state index in [2.05, 4.69) is 19.2 Å². The Morgan fingerprint density at radius 3 is 2.75 bits per heavy atom. The van der Waals surface area contributed by atoms with Gasteiger partial charge in [-0.25, -0.2) is 4.39 Å². The zero-order valence-electron chi connectivity index (χ0n) is 12.4. The van der Waals surface area contributed by atoms with Crippen LogP contribution in [0.5, 0.6) is 0 Å². The van der Waals surface area contributed by atoms with Crippen molar-refractivity contribution in [3.8, 4) is 11.3 Å². The third-order valence-corrected chi connectivity index (χ3v) is 3.37. The first kappa shape index (κ1) is 14.8. The maximum atomic E-state index is 13.1. The zero-order chi connectivity index (χ0) is 14.5. The van der Waals surface area contributed by atoms with Crippen molar-refractivity contribution in [3.63, 3.8) is 0 Å². The molecule has 0 saturated carbocycles. The molecule has 1 aromatic carbocycles. The minimum atomic E-state index is -0.213. The van der Waals surface area contributed by atoms with Gasteiger partial charge in [0.15, 0.2) is 0 Å². The maximum absolute atomic E-state index is 13.1. The minimum Gasteiger partial charge on any atom is -0.461 e. The number of rotatable bonds is 6. The van der Waals surface area contributed by atoms with Gasteiger partial charge in [0, 0.05) is 18.0 Å². The third-order valence-electron chi connectivity index (χ3n) is 3.37. The van der Waals surface area contributed by atoms with Crippen LogP contribution in [0.1, 0.15) is 31.6 Å². The van der Waals surface area contributed by atoms with Crippen molar-refractivity contribution in [1.29, 1.82) is 0 Å². The fourth-order valence-corrected chi connectivity index (χ4v) is 2.30. The smallest absolute Gasteiger partial charge is 0.134 e. The molecule has 1 unspecified atom stereocenters. The average Bonchev–Trinajstić information content (AvgIpc) is 2.84. The lowest BCUT2D eigenvalue weighted by Crippen LogP contribution is -2.28. The molecule has 3 heteroatoms. The van der Waals surface area contributed by atoms with Crippen molar-refractivity contribution in [2.45, 2.75) is 39.7 Å². The number of halogens is 1. The molecule has 0 amide bonds. The Morgan fingerprint density at radius 2 is 2.05 bits per heavy atom. The van der Waals surface area contributed by atoms with Crippen molar-refractivity contribution in [2.24, 2.45) is 0 Å². The van der Waals surface area contributed by atoms with E-state index in [0.29, 0.717) is 6.04 Å². The Balaban J connectivity index is 2.08. The highest BCUT2D eigenvalue weighted by Gasteiger charge is 2.10. The largest absolute Gasteiger partial charge is 0.461 e. The van der Waals surface area contributed by atoms with E-state index in [-0.39, 0.29) is 5.82 Å². The quantitative estimate of drug-likeness (QED) is 0.849. The summed E-state index contributed by atoms with van der Waals surface area (Å²) in [5, 5.41) is 3.44. The summed E-state index contributed by atoms with van der Waals surface area (Å²) in [6.07, 6.45) is 1.99. The van der Waals surface area contributed by atoms with E-state index in [0.717, 1.165) is 42.0 Å². The highest BCUT2D eigenvalue weighted by Crippen LogP contribution is 2.26. The lowest BCUT2D eigenvalue weighted by Gasteiger charge is -2.11. The molecule has 20 heavy (non-hydrogen) atoms. The van der Waals surface area contributed by atoms with Gasteiger partial charge in [0.1, 0.15) is 17.3 Å². The molecule has 1 atom stereocenters. The summed E-state index contributed by atoms with van der Waals surface area (Å²) in [6.45, 7) is 7.22. The third kappa shape index (κ3) is 3.70. The van der Waals surface area contributed by atoms with E-state index >= 15 is 0 Å². The summed E-state index contributed by atoms with van der Waals surface area (Å²) < 4.78 is 19.0. The van der Waals surface area contributed by atoms with Crippen molar-refractivity contribution >= 4 is 0 Å². The van der Waals surface area contributed by atoms with Gasteiger partial charge < -0.3 is 9.73 Å². The molecule has 2 aromatic rings. The fraction of sp³-hybridized carbons (Fsp3) is 0.412. The van der Waals surface area contributed by atoms with Crippen LogP contribution in [0, 0.1) is 12.7 Å². The second-order valence-corrected chi connectivity index (χ2v) is 5.28. The Kier molecular flexibility index (Phi) is 4.96. The van der Waals surface area contributed by atoms with Crippen molar-refractivity contribution in [2.75, 3.05) is 6.54 Å². The molecule has 0 radical (unpaired) electrons. The van der Waals surface area contributed by atoms with Crippen LogP contribution in [0.4, 0.5) is 4.39 Å². The summed E-state index contributed by atoms with van der Waals surface area (Å²) in [5.41, 5.74) is 1.84. The highest BCUT2D eigenvalue weighted by atomic mass is 19.1. The molecule has 108 valence electrons. The van der Waals surface area contributed by atoms with E-state index in [9.17, 15) is 4.39 Å². The molecule has 0 spiro atoms. The lowest BCUT2D eigenvalue weighted by atomic mass is 10.1. The van der Waals surface area contributed by atoms with Gasteiger partial charge in [-0.2, -0.15) is 0 Å². The standard InChI is InChI=1S/C17H22FNO/c1-4-9-19-13(3)11-15-6-8-17(20-15)16-7-5-14(18)10-12(16)2/h5-8,10,13,19H,4,9,11H2,1-3H3. The first-order valence-electron chi connectivity index (χ1n) is 7.18. The molecule has 0 bridgehead atoms. The van der Waals surface area contributed by atoms with Crippen LogP contribution in [0.2, 0.25) is 0 Å². The topological polar surface area (TPSA) is 25.2 Å². The zero-order valence-corrected chi connectivity index (χ0v) is 12.4. The van der Waals surface area contributed by atoms with Gasteiger partial charge in [0.05, 0.1) is 0 Å². The van der Waals surface area contributed by atoms with Crippen LogP contribution in [0.25, 0.3) is 11.3 Å². The number of nitrogens with one attached hydrogen (secondary N) is 1. The summed E-state index contributed by atoms with van der Waals surface area (Å²) in [4.78, 5) is 0. The molecule has 1 heterocycles. The van der Waals surface area contributed by atoms with Gasteiger partial charge in [-0.1, -0.05) is 6.92 Å². The molecule has 0 aliphatic rings. The highest BCUT2D eigenvalue weighted by molar-refractivity contribution is 5.62. The van der Waals surface area contributed by atoms with Gasteiger partial charge in [0.25, 0.3) is 0 Å². The Labute approximate surface area is 120 Å². The van der Waals surface area contributed by atoms with Gasteiger partial charge in [-0.15, -0.1) is 0 Å². The normalized spacial score (nSPS) is 12.6. The van der Waals surface area contributed by atoms with E-state index in [1.165, 1.54) is 12.1 Å². The van der Waals surface area contributed by atoms with Crippen LogP contribution in [0.3, 0.4) is 0 Å². The molecule has 0 aliphatic carbocycles. The van der Waals surface area contributed by atoms with Crippen molar-refractivity contribution in [1.82, 2.24) is 5.32 Å². The second-order valence-electron chi connectivity index (χ2n) is 5.28. The van der Waals surface area contributed by atoms with Gasteiger partial charge in [0.2, 0.25) is 0 Å². The predicted octanol–water partition coefficient (Wildman–Crippen LogP) is 4.32. The molecular formula is C17H22FNO. The summed E-state index contributed by atoms with van der Waals surface area (Å²) in [6, 6.07) is 9.12. The van der Waals surface area contributed by atoms with E-state index < -0.39 is 0 Å². The summed E-state index contributed by atoms with van der Waals surface area (Å²) >= 11 is 0. The molecular weight excluding hydrogens is 253 g/mol. The fourth-order valence-electron chi connectivity index (χ4n) is 2.30. The maximum Gasteiger partial charge on any atom is 0.134 e. The van der Waals surface area contributed by atoms with E-state index in [1.807, 2.05) is 19.1 Å². The van der Waals surface area contributed by atoms with Crippen LogP contribution in [0.15, 0.2) is 34.7 Å². The van der Waals surface area contributed by atoms with Crippen molar-refractivity contribution < 1.29 is 8.81 Å². The minimum absolute atomic E-state index is 0.213. The average molecular weight is 275 g/mol. The Bertz CT molecular complexity index is 562. The first-order chi connectivity index (χ1) is 9.60. The molecule has 2 nitrogen and oxygen atoms in total.